The van der Waals surface area contributed by atoms with E-state index in [0.29, 0.717) is 16.9 Å². The Balaban J connectivity index is 2.01. The van der Waals surface area contributed by atoms with Crippen LogP contribution in [0.25, 0.3) is 0 Å². The van der Waals surface area contributed by atoms with Crippen LogP contribution in [-0.4, -0.2) is 28.2 Å². The maximum atomic E-state index is 12.8. The summed E-state index contributed by atoms with van der Waals surface area (Å²) >= 11 is 0. The smallest absolute Gasteiger partial charge is 0.307 e. The lowest BCUT2D eigenvalue weighted by atomic mass is 9.87. The van der Waals surface area contributed by atoms with Crippen molar-refractivity contribution in [3.05, 3.63) is 68.8 Å². The minimum Gasteiger partial charge on any atom is -0.497 e. The lowest BCUT2D eigenvalue weighted by Crippen LogP contribution is -2.19. The number of nitro benzene ring substituents is 1. The molecule has 0 radical (unpaired) electrons. The fourth-order valence-electron chi connectivity index (χ4n) is 4.25. The molecule has 0 aromatic heterocycles. The number of hydrogen-bond donors (Lipinski definition) is 2. The summed E-state index contributed by atoms with van der Waals surface area (Å²) in [6.07, 6.45) is 4.54. The van der Waals surface area contributed by atoms with Gasteiger partial charge in [-0.25, -0.2) is 0 Å². The van der Waals surface area contributed by atoms with Gasteiger partial charge in [0.05, 0.1) is 30.8 Å². The van der Waals surface area contributed by atoms with Crippen LogP contribution in [0.4, 0.5) is 5.69 Å². The van der Waals surface area contributed by atoms with Crippen molar-refractivity contribution in [3.63, 3.8) is 0 Å². The lowest BCUT2D eigenvalue weighted by Gasteiger charge is -2.24. The summed E-state index contributed by atoms with van der Waals surface area (Å²) in [7, 11) is 1.53. The number of carbonyl (C=O) groups is 1. The molecule has 0 bridgehead atoms. The highest BCUT2D eigenvalue weighted by Crippen LogP contribution is 2.37. The second-order valence-corrected chi connectivity index (χ2v) is 8.10. The molecule has 1 fully saturated rings. The van der Waals surface area contributed by atoms with E-state index in [1.165, 1.54) is 25.7 Å². The van der Waals surface area contributed by atoms with Gasteiger partial charge in [-0.05, 0) is 53.6 Å². The molecule has 32 heavy (non-hydrogen) atoms. The third-order valence-corrected chi connectivity index (χ3v) is 6.02. The van der Waals surface area contributed by atoms with Crippen molar-refractivity contribution >= 4 is 11.7 Å². The summed E-state index contributed by atoms with van der Waals surface area (Å²) in [5.74, 6) is 0.443. The van der Waals surface area contributed by atoms with Gasteiger partial charge in [0.2, 0.25) is 0 Å². The van der Waals surface area contributed by atoms with Gasteiger partial charge in [-0.2, -0.15) is 0 Å². The van der Waals surface area contributed by atoms with Gasteiger partial charge < -0.3 is 19.7 Å². The van der Waals surface area contributed by atoms with Gasteiger partial charge in [0, 0.05) is 12.5 Å². The molecular weight excluding hydrogens is 414 g/mol. The maximum Gasteiger partial charge on any atom is 0.307 e. The maximum absolute atomic E-state index is 12.8. The van der Waals surface area contributed by atoms with Gasteiger partial charge >= 0.3 is 5.97 Å². The zero-order valence-electron chi connectivity index (χ0n) is 18.2. The zero-order valence-corrected chi connectivity index (χ0v) is 18.2. The summed E-state index contributed by atoms with van der Waals surface area (Å²) in [5, 5.41) is 31.1. The van der Waals surface area contributed by atoms with Crippen LogP contribution in [0, 0.1) is 16.0 Å². The van der Waals surface area contributed by atoms with Crippen LogP contribution in [0.2, 0.25) is 0 Å². The van der Waals surface area contributed by atoms with Crippen molar-refractivity contribution in [2.24, 2.45) is 5.92 Å². The van der Waals surface area contributed by atoms with Crippen LogP contribution in [0.5, 0.6) is 5.75 Å². The van der Waals surface area contributed by atoms with Crippen molar-refractivity contribution in [2.75, 3.05) is 7.11 Å². The summed E-state index contributed by atoms with van der Waals surface area (Å²) in [6.45, 7) is -0.863. The van der Waals surface area contributed by atoms with E-state index < -0.39 is 30.2 Å². The highest BCUT2D eigenvalue weighted by molar-refractivity contribution is 5.71. The first-order valence-electron chi connectivity index (χ1n) is 10.8. The highest BCUT2D eigenvalue weighted by Gasteiger charge is 2.30. The van der Waals surface area contributed by atoms with Gasteiger partial charge in [0.1, 0.15) is 5.75 Å². The molecule has 8 heteroatoms. The van der Waals surface area contributed by atoms with Crippen LogP contribution in [0.1, 0.15) is 66.9 Å². The van der Waals surface area contributed by atoms with E-state index in [-0.39, 0.29) is 29.2 Å². The van der Waals surface area contributed by atoms with Crippen molar-refractivity contribution in [1.82, 2.24) is 0 Å². The van der Waals surface area contributed by atoms with E-state index in [1.54, 1.807) is 24.3 Å². The summed E-state index contributed by atoms with van der Waals surface area (Å²) in [5.41, 5.74) is 1.02. The van der Waals surface area contributed by atoms with Crippen LogP contribution in [0.15, 0.2) is 36.4 Å². The molecule has 172 valence electrons. The molecule has 0 heterocycles. The van der Waals surface area contributed by atoms with Crippen LogP contribution in [-0.2, 0) is 22.7 Å². The molecule has 2 N–H and O–H groups in total. The third-order valence-electron chi connectivity index (χ3n) is 6.02. The Morgan fingerprint density at radius 3 is 2.28 bits per heavy atom. The predicted molar refractivity (Wildman–Crippen MR) is 117 cm³/mol. The number of nitrogens with zero attached hydrogens (tertiary/aromatic N) is 1. The van der Waals surface area contributed by atoms with E-state index >= 15 is 0 Å². The van der Waals surface area contributed by atoms with Gasteiger partial charge in [-0.15, -0.1) is 0 Å². The van der Waals surface area contributed by atoms with E-state index in [1.807, 2.05) is 0 Å². The molecular formula is C24H29NO7. The van der Waals surface area contributed by atoms with Gasteiger partial charge in [0.25, 0.3) is 5.69 Å². The fraction of sp³-hybridized carbons (Fsp3) is 0.458. The minimum atomic E-state index is -1.03. The van der Waals surface area contributed by atoms with Crippen LogP contribution < -0.4 is 4.74 Å². The molecule has 3 rings (SSSR count). The Bertz CT molecular complexity index is 936. The van der Waals surface area contributed by atoms with Gasteiger partial charge in [-0.3, -0.25) is 14.9 Å². The topological polar surface area (TPSA) is 119 Å². The normalized spacial score (nSPS) is 15.2. The summed E-state index contributed by atoms with van der Waals surface area (Å²) < 4.78 is 11.0. The number of nitro groups is 1. The molecule has 2 aromatic carbocycles. The molecule has 1 atom stereocenters. The number of benzene rings is 2. The second-order valence-electron chi connectivity index (χ2n) is 8.10. The summed E-state index contributed by atoms with van der Waals surface area (Å²) in [4.78, 5) is 24.1. The largest absolute Gasteiger partial charge is 0.497 e. The quantitative estimate of drug-likeness (QED) is 0.339. The zero-order chi connectivity index (χ0) is 23.1. The first-order chi connectivity index (χ1) is 15.5. The first-order valence-corrected chi connectivity index (χ1v) is 10.8. The number of aliphatic hydroxyl groups is 2. The molecule has 0 spiro atoms. The molecule has 1 aliphatic rings. The third kappa shape index (κ3) is 5.63. The molecule has 0 amide bonds. The molecule has 1 aliphatic carbocycles. The number of aliphatic hydroxyl groups excluding tert-OH is 2. The molecule has 1 saturated carbocycles. The SMILES string of the molecule is COc1ccc(C(OC(=O)CC2CCCCC2)c2cc(CO)c(CO)cc2[N+](=O)[O-])cc1. The number of hydrogen-bond acceptors (Lipinski definition) is 7. The van der Waals surface area contributed by atoms with E-state index in [0.717, 1.165) is 25.7 Å². The van der Waals surface area contributed by atoms with Crippen molar-refractivity contribution < 1.29 is 29.4 Å². The lowest BCUT2D eigenvalue weighted by molar-refractivity contribution is -0.386. The minimum absolute atomic E-state index is 0.151. The Labute approximate surface area is 186 Å². The average molecular weight is 443 g/mol. The van der Waals surface area contributed by atoms with E-state index in [2.05, 4.69) is 0 Å². The van der Waals surface area contributed by atoms with E-state index in [4.69, 9.17) is 9.47 Å². The molecule has 0 aliphatic heterocycles. The Morgan fingerprint density at radius 1 is 1.09 bits per heavy atom. The average Bonchev–Trinajstić information content (AvgIpc) is 2.82. The fourth-order valence-corrected chi connectivity index (χ4v) is 4.25. The van der Waals surface area contributed by atoms with Crippen LogP contribution >= 0.6 is 0 Å². The molecule has 8 nitrogen and oxygen atoms in total. The Morgan fingerprint density at radius 2 is 1.72 bits per heavy atom. The number of methoxy groups -OCH3 is 1. The van der Waals surface area contributed by atoms with Crippen molar-refractivity contribution in [3.8, 4) is 5.75 Å². The summed E-state index contributed by atoms with van der Waals surface area (Å²) in [6, 6.07) is 9.44. The molecule has 0 saturated heterocycles. The first kappa shape index (κ1) is 23.7. The molecule has 2 aromatic rings. The van der Waals surface area contributed by atoms with Crippen molar-refractivity contribution in [1.29, 1.82) is 0 Å². The Hall–Kier alpha value is -2.97. The predicted octanol–water partition coefficient (Wildman–Crippen LogP) is 4.19. The monoisotopic (exact) mass is 443 g/mol. The van der Waals surface area contributed by atoms with Gasteiger partial charge in [-0.1, -0.05) is 31.4 Å². The second kappa shape index (κ2) is 11.1. The van der Waals surface area contributed by atoms with Crippen LogP contribution in [0.3, 0.4) is 0 Å². The standard InChI is InChI=1S/C24H29NO7/c1-31-20-9-7-17(8-10-20)24(32-23(28)11-16-5-3-2-4-6-16)21-12-18(14-26)19(15-27)13-22(21)25(29)30/h7-10,12-13,16,24,26-27H,2-6,11,14-15H2,1H3. The number of esters is 1. The van der Waals surface area contributed by atoms with Crippen molar-refractivity contribution in [2.45, 2.75) is 57.8 Å². The highest BCUT2D eigenvalue weighted by atomic mass is 16.6. The number of carbonyl (C=O) groups excluding carboxylic acids is 1. The van der Waals surface area contributed by atoms with E-state index in [9.17, 15) is 25.1 Å². The molecule has 1 unspecified atom stereocenters. The number of rotatable bonds is 9. The Kier molecular flexibility index (Phi) is 8.19. The number of ether oxygens (including phenoxy) is 2. The van der Waals surface area contributed by atoms with Gasteiger partial charge in [0.15, 0.2) is 6.10 Å².